The predicted molar refractivity (Wildman–Crippen MR) is 127 cm³/mol. The van der Waals surface area contributed by atoms with Crippen LogP contribution in [0, 0.1) is 0 Å². The fourth-order valence-electron chi connectivity index (χ4n) is 3.93. The fraction of sp³-hybridized carbons (Fsp3) is 0.364. The van der Waals surface area contributed by atoms with E-state index in [2.05, 4.69) is 24.0 Å². The minimum atomic E-state index is -0.281. The minimum Gasteiger partial charge on any atom is -0.369 e. The van der Waals surface area contributed by atoms with Gasteiger partial charge in [0.2, 0.25) is 5.78 Å². The van der Waals surface area contributed by atoms with E-state index in [1.54, 1.807) is 42.6 Å². The van der Waals surface area contributed by atoms with Crippen LogP contribution < -0.4 is 5.56 Å². The Balaban J connectivity index is 1.58. The van der Waals surface area contributed by atoms with E-state index in [1.165, 1.54) is 16.3 Å². The van der Waals surface area contributed by atoms with Crippen LogP contribution in [0.25, 0.3) is 16.0 Å². The number of rotatable bonds is 5. The van der Waals surface area contributed by atoms with Gasteiger partial charge in [-0.05, 0) is 43.2 Å². The van der Waals surface area contributed by atoms with Gasteiger partial charge in [-0.25, -0.2) is 4.40 Å². The Morgan fingerprint density at radius 3 is 2.78 bits per heavy atom. The van der Waals surface area contributed by atoms with Crippen molar-refractivity contribution in [1.82, 2.24) is 19.2 Å². The summed E-state index contributed by atoms with van der Waals surface area (Å²) in [6.07, 6.45) is 1.56. The van der Waals surface area contributed by atoms with Crippen molar-refractivity contribution in [3.63, 3.8) is 0 Å². The first-order valence-electron chi connectivity index (χ1n) is 10.2. The number of ether oxygens (including phenoxy) is 1. The summed E-state index contributed by atoms with van der Waals surface area (Å²) in [5.41, 5.74) is 1.30. The molecule has 5 rings (SSSR count). The van der Waals surface area contributed by atoms with Gasteiger partial charge in [0.15, 0.2) is 10.9 Å². The average Bonchev–Trinajstić information content (AvgIpc) is 3.37. The Morgan fingerprint density at radius 2 is 2.06 bits per heavy atom. The van der Waals surface area contributed by atoms with Crippen LogP contribution in [0.15, 0.2) is 34.2 Å². The van der Waals surface area contributed by atoms with Crippen molar-refractivity contribution in [2.45, 2.75) is 44.1 Å². The van der Waals surface area contributed by atoms with Crippen LogP contribution in [0.1, 0.15) is 41.1 Å². The van der Waals surface area contributed by atoms with Gasteiger partial charge in [0.05, 0.1) is 23.3 Å². The van der Waals surface area contributed by atoms with Gasteiger partial charge >= 0.3 is 0 Å². The molecule has 10 heteroatoms. The number of fused-ring (bicyclic) bond motifs is 5. The summed E-state index contributed by atoms with van der Waals surface area (Å²) in [6.45, 7) is 4.68. The van der Waals surface area contributed by atoms with E-state index in [1.807, 2.05) is 4.40 Å². The molecule has 0 radical (unpaired) electrons. The maximum Gasteiger partial charge on any atom is 0.263 e. The van der Waals surface area contributed by atoms with Crippen molar-refractivity contribution in [1.29, 1.82) is 0 Å². The predicted octanol–water partition coefficient (Wildman–Crippen LogP) is 4.51. The lowest BCUT2D eigenvalue weighted by molar-refractivity contribution is -0.0543. The molecule has 1 atom stereocenters. The first-order valence-corrected chi connectivity index (χ1v) is 12.4. The van der Waals surface area contributed by atoms with Gasteiger partial charge in [0.25, 0.3) is 5.56 Å². The Labute approximate surface area is 197 Å². The molecular weight excluding hydrogens is 468 g/mol. The van der Waals surface area contributed by atoms with Crippen LogP contribution in [-0.4, -0.2) is 36.3 Å². The Kier molecular flexibility index (Phi) is 5.40. The first-order chi connectivity index (χ1) is 15.3. The monoisotopic (exact) mass is 488 g/mol. The molecule has 0 aliphatic carbocycles. The molecule has 3 aromatic heterocycles. The van der Waals surface area contributed by atoms with E-state index in [0.29, 0.717) is 39.9 Å². The van der Waals surface area contributed by atoms with E-state index >= 15 is 0 Å². The number of aromatic nitrogens is 4. The molecule has 4 heterocycles. The number of carbonyl (C=O) groups is 1. The van der Waals surface area contributed by atoms with Gasteiger partial charge in [0.1, 0.15) is 4.83 Å². The lowest BCUT2D eigenvalue weighted by atomic mass is 9.90. The highest BCUT2D eigenvalue weighted by Crippen LogP contribution is 2.39. The molecular formula is C22H21ClN4O3S2. The molecule has 0 N–H and O–H groups in total. The summed E-state index contributed by atoms with van der Waals surface area (Å²) in [4.78, 5) is 27.8. The molecule has 0 fully saturated rings. The van der Waals surface area contributed by atoms with Gasteiger partial charge in [-0.1, -0.05) is 30.3 Å². The minimum absolute atomic E-state index is 0.0259. The Morgan fingerprint density at radius 1 is 1.31 bits per heavy atom. The Bertz CT molecular complexity index is 1420. The van der Waals surface area contributed by atoms with Crippen LogP contribution in [0.2, 0.25) is 5.02 Å². The van der Waals surface area contributed by atoms with Gasteiger partial charge in [0, 0.05) is 28.9 Å². The molecule has 7 nitrogen and oxygen atoms in total. The molecule has 0 spiro atoms. The van der Waals surface area contributed by atoms with Crippen LogP contribution in [-0.2, 0) is 24.8 Å². The van der Waals surface area contributed by atoms with Crippen molar-refractivity contribution >= 4 is 56.5 Å². The van der Waals surface area contributed by atoms with Gasteiger partial charge in [-0.2, -0.15) is 0 Å². The quantitative estimate of drug-likeness (QED) is 0.304. The largest absolute Gasteiger partial charge is 0.369 e. The van der Waals surface area contributed by atoms with Crippen molar-refractivity contribution in [3.8, 4) is 0 Å². The van der Waals surface area contributed by atoms with E-state index in [4.69, 9.17) is 16.3 Å². The molecule has 0 unspecified atom stereocenters. The molecule has 0 bridgehead atoms. The van der Waals surface area contributed by atoms with Crippen LogP contribution in [0.5, 0.6) is 0 Å². The number of thioether (sulfide) groups is 1. The SMILES string of the molecule is CC[C@]1(C)Cc2c(sc3c2c(=O)n(C)c2nnc(SCC(=O)c4ccc(Cl)cc4)n32)CO1. The third-order valence-electron chi connectivity index (χ3n) is 6.06. The van der Waals surface area contributed by atoms with Crippen molar-refractivity contribution in [2.24, 2.45) is 7.05 Å². The number of carbonyl (C=O) groups excluding carboxylic acids is 1. The average molecular weight is 489 g/mol. The summed E-state index contributed by atoms with van der Waals surface area (Å²) in [7, 11) is 1.71. The van der Waals surface area contributed by atoms with Gasteiger partial charge in [-0.3, -0.25) is 14.2 Å². The van der Waals surface area contributed by atoms with E-state index < -0.39 is 0 Å². The molecule has 0 amide bonds. The van der Waals surface area contributed by atoms with Gasteiger partial charge < -0.3 is 4.74 Å². The van der Waals surface area contributed by atoms with Crippen LogP contribution >= 0.6 is 34.7 Å². The van der Waals surface area contributed by atoms with E-state index in [9.17, 15) is 9.59 Å². The van der Waals surface area contributed by atoms with Crippen molar-refractivity contribution in [3.05, 3.63) is 55.6 Å². The number of halogens is 1. The highest BCUT2D eigenvalue weighted by Gasteiger charge is 2.34. The second kappa shape index (κ2) is 7.98. The molecule has 32 heavy (non-hydrogen) atoms. The topological polar surface area (TPSA) is 78.5 Å². The normalized spacial score (nSPS) is 18.4. The number of aryl methyl sites for hydroxylation is 1. The summed E-state index contributed by atoms with van der Waals surface area (Å²) in [5, 5.41) is 10.4. The first kappa shape index (κ1) is 21.6. The third-order valence-corrected chi connectivity index (χ3v) is 8.43. The zero-order valence-corrected chi connectivity index (χ0v) is 20.2. The number of hydrogen-bond acceptors (Lipinski definition) is 7. The summed E-state index contributed by atoms with van der Waals surface area (Å²) >= 11 is 8.78. The van der Waals surface area contributed by atoms with Gasteiger partial charge in [-0.15, -0.1) is 21.5 Å². The Hall–Kier alpha value is -2.20. The van der Waals surface area contributed by atoms with E-state index in [-0.39, 0.29) is 22.7 Å². The lowest BCUT2D eigenvalue weighted by Crippen LogP contribution is -2.34. The van der Waals surface area contributed by atoms with Crippen molar-refractivity contribution in [2.75, 3.05) is 5.75 Å². The number of nitrogens with zero attached hydrogens (tertiary/aromatic N) is 4. The molecule has 166 valence electrons. The number of Topliss-reactive ketones (excluding diaryl/α,β-unsaturated/α-hetero) is 1. The molecule has 1 aliphatic rings. The smallest absolute Gasteiger partial charge is 0.263 e. The standard InChI is InChI=1S/C22H21ClN4O3S2/c1-4-22(2)9-14-16(10-30-22)32-19-17(14)18(29)26(3)20-24-25-21(27(19)20)31-11-15(28)12-5-7-13(23)8-6-12/h5-8H,4,9-11H2,1-3H3/t22-/m1/s1. The maximum atomic E-state index is 13.2. The summed E-state index contributed by atoms with van der Waals surface area (Å²) < 4.78 is 9.53. The molecule has 0 saturated heterocycles. The highest BCUT2D eigenvalue weighted by atomic mass is 35.5. The lowest BCUT2D eigenvalue weighted by Gasteiger charge is -2.32. The summed E-state index contributed by atoms with van der Waals surface area (Å²) in [6, 6.07) is 6.83. The van der Waals surface area contributed by atoms with E-state index in [0.717, 1.165) is 21.7 Å². The second-order valence-corrected chi connectivity index (χ2v) is 10.6. The number of hydrogen-bond donors (Lipinski definition) is 0. The maximum absolute atomic E-state index is 13.2. The second-order valence-electron chi connectivity index (χ2n) is 8.15. The zero-order valence-electron chi connectivity index (χ0n) is 17.8. The number of benzene rings is 1. The third kappa shape index (κ3) is 3.48. The number of ketones is 1. The fourth-order valence-corrected chi connectivity index (χ4v) is 6.16. The van der Waals surface area contributed by atoms with Crippen LogP contribution in [0.3, 0.4) is 0 Å². The number of thiophene rings is 1. The molecule has 1 aliphatic heterocycles. The van der Waals surface area contributed by atoms with Crippen molar-refractivity contribution < 1.29 is 9.53 Å². The zero-order chi connectivity index (χ0) is 22.6. The summed E-state index contributed by atoms with van der Waals surface area (Å²) in [5.74, 6) is 0.637. The van der Waals surface area contributed by atoms with Crippen LogP contribution in [0.4, 0.5) is 0 Å². The molecule has 1 aromatic carbocycles. The highest BCUT2D eigenvalue weighted by molar-refractivity contribution is 7.99. The molecule has 0 saturated carbocycles. The molecule has 4 aromatic rings.